The summed E-state index contributed by atoms with van der Waals surface area (Å²) in [6.07, 6.45) is -3.25. The lowest BCUT2D eigenvalue weighted by molar-refractivity contribution is -0.143. The van der Waals surface area contributed by atoms with E-state index in [9.17, 15) is 22.0 Å². The zero-order valence-electron chi connectivity index (χ0n) is 14.5. The average molecular weight is 378 g/mol. The van der Waals surface area contributed by atoms with Gasteiger partial charge in [-0.15, -0.1) is 0 Å². The molecular weight excluding hydrogens is 355 g/mol. The van der Waals surface area contributed by atoms with Gasteiger partial charge in [0.25, 0.3) is 0 Å². The molecule has 26 heavy (non-hydrogen) atoms. The third-order valence-electron chi connectivity index (χ3n) is 3.95. The van der Waals surface area contributed by atoms with Gasteiger partial charge in [0.1, 0.15) is 11.6 Å². The summed E-state index contributed by atoms with van der Waals surface area (Å²) < 4.78 is 63.7. The number of likely N-dealkylation sites (tertiary alicyclic amines) is 1. The Hall–Kier alpha value is -1.90. The zero-order chi connectivity index (χ0) is 19.2. The Morgan fingerprint density at radius 1 is 1.23 bits per heavy atom. The molecule has 2 rings (SSSR count). The maximum Gasteiger partial charge on any atom is 0.401 e. The van der Waals surface area contributed by atoms with Crippen molar-refractivity contribution >= 4 is 5.96 Å². The Bertz CT molecular complexity index is 597. The van der Waals surface area contributed by atoms with Gasteiger partial charge in [-0.3, -0.25) is 9.89 Å². The number of guanidine groups is 1. The molecule has 0 bridgehead atoms. The normalized spacial score (nSPS) is 19.0. The van der Waals surface area contributed by atoms with Gasteiger partial charge in [0, 0.05) is 38.3 Å². The lowest BCUT2D eigenvalue weighted by Gasteiger charge is -2.19. The smallest absolute Gasteiger partial charge is 0.357 e. The van der Waals surface area contributed by atoms with Gasteiger partial charge < -0.3 is 10.6 Å². The minimum atomic E-state index is -4.20. The number of nitrogens with one attached hydrogen (secondary N) is 2. The molecule has 2 N–H and O–H groups in total. The van der Waals surface area contributed by atoms with Crippen molar-refractivity contribution in [2.24, 2.45) is 4.99 Å². The van der Waals surface area contributed by atoms with Gasteiger partial charge in [0.2, 0.25) is 0 Å². The monoisotopic (exact) mass is 378 g/mol. The Labute approximate surface area is 149 Å². The van der Waals surface area contributed by atoms with E-state index < -0.39 is 24.4 Å². The van der Waals surface area contributed by atoms with E-state index in [1.165, 1.54) is 17.0 Å². The molecule has 0 saturated carbocycles. The van der Waals surface area contributed by atoms with Crippen LogP contribution in [0.5, 0.6) is 0 Å². The van der Waals surface area contributed by atoms with E-state index in [0.29, 0.717) is 50.5 Å². The molecule has 0 aromatic heterocycles. The van der Waals surface area contributed by atoms with Crippen LogP contribution < -0.4 is 10.6 Å². The predicted octanol–water partition coefficient (Wildman–Crippen LogP) is 2.70. The number of hydrogen-bond acceptors (Lipinski definition) is 2. The summed E-state index contributed by atoms with van der Waals surface area (Å²) in [6, 6.07) is 3.20. The van der Waals surface area contributed by atoms with Crippen LogP contribution in [0.2, 0.25) is 0 Å². The molecule has 1 atom stereocenters. The van der Waals surface area contributed by atoms with Crippen LogP contribution in [-0.4, -0.2) is 55.8 Å². The molecule has 4 nitrogen and oxygen atoms in total. The summed E-state index contributed by atoms with van der Waals surface area (Å²) in [5.74, 6) is -0.780. The van der Waals surface area contributed by atoms with Crippen molar-refractivity contribution in [2.45, 2.75) is 32.0 Å². The van der Waals surface area contributed by atoms with Gasteiger partial charge in [0.05, 0.1) is 6.54 Å². The largest absolute Gasteiger partial charge is 0.401 e. The van der Waals surface area contributed by atoms with Crippen molar-refractivity contribution in [3.63, 3.8) is 0 Å². The summed E-state index contributed by atoms with van der Waals surface area (Å²) in [7, 11) is 0. The van der Waals surface area contributed by atoms with Gasteiger partial charge in [-0.05, 0) is 37.5 Å². The van der Waals surface area contributed by atoms with Crippen LogP contribution in [0, 0.1) is 11.6 Å². The molecule has 146 valence electrons. The molecule has 1 aromatic rings. The number of alkyl halides is 3. The van der Waals surface area contributed by atoms with Crippen molar-refractivity contribution in [3.05, 3.63) is 35.4 Å². The second-order valence-electron chi connectivity index (χ2n) is 6.27. The Kier molecular flexibility index (Phi) is 7.19. The predicted molar refractivity (Wildman–Crippen MR) is 90.1 cm³/mol. The molecule has 1 heterocycles. The van der Waals surface area contributed by atoms with Gasteiger partial charge >= 0.3 is 6.18 Å². The lowest BCUT2D eigenvalue weighted by Crippen LogP contribution is -2.45. The average Bonchev–Trinajstić information content (AvgIpc) is 2.91. The van der Waals surface area contributed by atoms with Crippen LogP contribution in [0.25, 0.3) is 0 Å². The van der Waals surface area contributed by atoms with Crippen LogP contribution in [0.15, 0.2) is 23.2 Å². The molecule has 1 fully saturated rings. The highest BCUT2D eigenvalue weighted by molar-refractivity contribution is 5.80. The van der Waals surface area contributed by atoms with Gasteiger partial charge in [-0.1, -0.05) is 0 Å². The highest BCUT2D eigenvalue weighted by Gasteiger charge is 2.34. The number of nitrogens with zero attached hydrogens (tertiary/aromatic N) is 2. The van der Waals surface area contributed by atoms with Crippen LogP contribution >= 0.6 is 0 Å². The third kappa shape index (κ3) is 7.15. The number of hydrogen-bond donors (Lipinski definition) is 2. The molecule has 1 saturated heterocycles. The Balaban J connectivity index is 1.86. The summed E-state index contributed by atoms with van der Waals surface area (Å²) in [5.41, 5.74) is 0.499. The minimum Gasteiger partial charge on any atom is -0.357 e. The van der Waals surface area contributed by atoms with E-state index in [1.807, 2.05) is 6.92 Å². The molecule has 0 spiro atoms. The van der Waals surface area contributed by atoms with E-state index >= 15 is 0 Å². The molecule has 9 heteroatoms. The van der Waals surface area contributed by atoms with Crippen LogP contribution in [0.1, 0.15) is 18.9 Å². The van der Waals surface area contributed by atoms with Gasteiger partial charge in [-0.2, -0.15) is 13.2 Å². The fourth-order valence-corrected chi connectivity index (χ4v) is 2.91. The number of aliphatic imine (C=N–C) groups is 1. The maximum atomic E-state index is 13.2. The number of rotatable bonds is 6. The summed E-state index contributed by atoms with van der Waals surface area (Å²) >= 11 is 0. The van der Waals surface area contributed by atoms with E-state index in [2.05, 4.69) is 15.6 Å². The molecule has 1 aromatic carbocycles. The fourth-order valence-electron chi connectivity index (χ4n) is 2.91. The second-order valence-corrected chi connectivity index (χ2v) is 6.27. The van der Waals surface area contributed by atoms with Gasteiger partial charge in [-0.25, -0.2) is 8.78 Å². The molecule has 0 aliphatic carbocycles. The second kappa shape index (κ2) is 9.16. The summed E-state index contributed by atoms with van der Waals surface area (Å²) in [5, 5.41) is 6.15. The summed E-state index contributed by atoms with van der Waals surface area (Å²) in [6.45, 7) is 2.53. The number of benzene rings is 1. The SMILES string of the molecule is CCNC(=NCCc1cc(F)cc(F)c1)NC1CCN(CC(F)(F)F)C1. The first-order valence-electron chi connectivity index (χ1n) is 8.54. The van der Waals surface area contributed by atoms with Crippen molar-refractivity contribution in [1.82, 2.24) is 15.5 Å². The highest BCUT2D eigenvalue weighted by Crippen LogP contribution is 2.19. The van der Waals surface area contributed by atoms with Gasteiger partial charge in [0.15, 0.2) is 5.96 Å². The van der Waals surface area contributed by atoms with Crippen molar-refractivity contribution in [2.75, 3.05) is 32.7 Å². The van der Waals surface area contributed by atoms with Crippen LogP contribution in [0.3, 0.4) is 0 Å². The standard InChI is InChI=1S/C17H23F5N4/c1-2-23-16(24-5-3-12-7-13(18)9-14(19)8-12)25-15-4-6-26(10-15)11-17(20,21)22/h7-9,15H,2-6,10-11H2,1H3,(H2,23,24,25). The third-order valence-corrected chi connectivity index (χ3v) is 3.95. The van der Waals surface area contributed by atoms with Crippen molar-refractivity contribution < 1.29 is 22.0 Å². The molecule has 1 aliphatic heterocycles. The highest BCUT2D eigenvalue weighted by atomic mass is 19.4. The topological polar surface area (TPSA) is 39.7 Å². The van der Waals surface area contributed by atoms with Crippen molar-refractivity contribution in [1.29, 1.82) is 0 Å². The maximum absolute atomic E-state index is 13.2. The van der Waals surface area contributed by atoms with Crippen LogP contribution in [0.4, 0.5) is 22.0 Å². The van der Waals surface area contributed by atoms with Crippen LogP contribution in [-0.2, 0) is 6.42 Å². The first kappa shape index (κ1) is 20.4. The quantitative estimate of drug-likeness (QED) is 0.454. The van der Waals surface area contributed by atoms with E-state index in [0.717, 1.165) is 6.07 Å². The van der Waals surface area contributed by atoms with E-state index in [4.69, 9.17) is 0 Å². The Morgan fingerprint density at radius 2 is 1.92 bits per heavy atom. The number of halogens is 5. The molecule has 0 radical (unpaired) electrons. The fraction of sp³-hybridized carbons (Fsp3) is 0.588. The first-order chi connectivity index (χ1) is 12.2. The molecule has 0 amide bonds. The van der Waals surface area contributed by atoms with E-state index in [1.54, 1.807) is 0 Å². The minimum absolute atomic E-state index is 0.123. The zero-order valence-corrected chi connectivity index (χ0v) is 14.5. The molecule has 1 unspecified atom stereocenters. The Morgan fingerprint density at radius 3 is 2.54 bits per heavy atom. The molecule has 1 aliphatic rings. The summed E-state index contributed by atoms with van der Waals surface area (Å²) in [4.78, 5) is 5.70. The first-order valence-corrected chi connectivity index (χ1v) is 8.54. The molecular formula is C17H23F5N4. The van der Waals surface area contributed by atoms with E-state index in [-0.39, 0.29) is 6.04 Å². The van der Waals surface area contributed by atoms with Crippen molar-refractivity contribution in [3.8, 4) is 0 Å². The lowest BCUT2D eigenvalue weighted by atomic mass is 10.1.